The highest BCUT2D eigenvalue weighted by Gasteiger charge is 2.45. The van der Waals surface area contributed by atoms with Gasteiger partial charge in [0.05, 0.1) is 5.52 Å². The number of carbonyl (C=O) groups excluding carboxylic acids is 1. The summed E-state index contributed by atoms with van der Waals surface area (Å²) in [7, 11) is 0. The van der Waals surface area contributed by atoms with Crippen LogP contribution in [0.4, 0.5) is 6.01 Å². The van der Waals surface area contributed by atoms with E-state index in [1.54, 1.807) is 6.20 Å². The Balaban J connectivity index is 1.25. The zero-order valence-corrected chi connectivity index (χ0v) is 15.8. The molecule has 1 amide bonds. The molecule has 3 heterocycles. The highest BCUT2D eigenvalue weighted by Crippen LogP contribution is 2.53. The molecule has 1 aromatic carbocycles. The molecule has 8 heteroatoms. The minimum Gasteiger partial charge on any atom is -0.403 e. The van der Waals surface area contributed by atoms with Gasteiger partial charge >= 0.3 is 6.01 Å². The molecule has 8 nitrogen and oxygen atoms in total. The van der Waals surface area contributed by atoms with Gasteiger partial charge in [-0.15, -0.1) is 5.10 Å². The maximum atomic E-state index is 12.7. The van der Waals surface area contributed by atoms with Crippen molar-refractivity contribution in [3.63, 3.8) is 0 Å². The topological polar surface area (TPSA) is 97.0 Å². The average molecular weight is 378 g/mol. The van der Waals surface area contributed by atoms with Crippen LogP contribution in [0, 0.1) is 5.41 Å². The number of fused-ring (bicyclic) bond motifs is 1. The zero-order valence-electron chi connectivity index (χ0n) is 15.8. The lowest BCUT2D eigenvalue weighted by atomic mass is 9.93. The van der Waals surface area contributed by atoms with Gasteiger partial charge in [0.1, 0.15) is 12.4 Å². The molecule has 1 atom stereocenters. The van der Waals surface area contributed by atoms with Crippen LogP contribution in [0.25, 0.3) is 22.4 Å². The lowest BCUT2D eigenvalue weighted by molar-refractivity contribution is -0.133. The minimum atomic E-state index is -0.411. The number of carbonyl (C=O) groups is 1. The molecular weight excluding hydrogens is 356 g/mol. The van der Waals surface area contributed by atoms with E-state index < -0.39 is 6.04 Å². The van der Waals surface area contributed by atoms with Crippen LogP contribution in [0.1, 0.15) is 32.6 Å². The summed E-state index contributed by atoms with van der Waals surface area (Å²) in [6.07, 6.45) is 8.17. The summed E-state index contributed by atoms with van der Waals surface area (Å²) < 4.78 is 5.72. The number of benzene rings is 1. The minimum absolute atomic E-state index is 0.0816. The molecule has 1 aliphatic carbocycles. The van der Waals surface area contributed by atoms with Crippen molar-refractivity contribution in [2.45, 2.75) is 38.6 Å². The van der Waals surface area contributed by atoms with Crippen LogP contribution >= 0.6 is 0 Å². The smallest absolute Gasteiger partial charge is 0.316 e. The van der Waals surface area contributed by atoms with E-state index in [1.807, 2.05) is 30.0 Å². The predicted octanol–water partition coefficient (Wildman–Crippen LogP) is 2.88. The first-order valence-corrected chi connectivity index (χ1v) is 9.71. The van der Waals surface area contributed by atoms with Gasteiger partial charge in [0.25, 0.3) is 0 Å². The molecule has 1 saturated heterocycles. The lowest BCUT2D eigenvalue weighted by Gasteiger charge is -2.33. The average Bonchev–Trinajstić information content (AvgIpc) is 3.31. The van der Waals surface area contributed by atoms with Crippen LogP contribution in [0.3, 0.4) is 0 Å². The summed E-state index contributed by atoms with van der Waals surface area (Å²) in [6, 6.07) is 5.51. The van der Waals surface area contributed by atoms with Crippen LogP contribution in [0.5, 0.6) is 0 Å². The number of rotatable bonds is 4. The van der Waals surface area contributed by atoms with Crippen LogP contribution < -0.4 is 5.32 Å². The molecule has 2 aliphatic rings. The third-order valence-corrected chi connectivity index (χ3v) is 5.98. The quantitative estimate of drug-likeness (QED) is 0.745. The molecule has 1 spiro atoms. The number of likely N-dealkylation sites (tertiary alicyclic amines) is 1. The van der Waals surface area contributed by atoms with Crippen molar-refractivity contribution in [3.8, 4) is 11.5 Å². The molecular formula is C20H22N6O2. The number of aromatic nitrogens is 4. The molecule has 5 rings (SSSR count). The number of nitrogens with zero attached hydrogens (tertiary/aromatic N) is 5. The van der Waals surface area contributed by atoms with Gasteiger partial charge in [-0.05, 0) is 56.2 Å². The molecule has 0 unspecified atom stereocenters. The maximum Gasteiger partial charge on any atom is 0.316 e. The van der Waals surface area contributed by atoms with Gasteiger partial charge < -0.3 is 14.6 Å². The molecule has 2 fully saturated rings. The number of anilines is 1. The number of hydrogen-bond donors (Lipinski definition) is 1. The van der Waals surface area contributed by atoms with E-state index in [2.05, 4.69) is 25.5 Å². The van der Waals surface area contributed by atoms with Crippen molar-refractivity contribution in [3.05, 3.63) is 30.7 Å². The van der Waals surface area contributed by atoms with E-state index in [1.165, 1.54) is 19.2 Å². The van der Waals surface area contributed by atoms with Crippen molar-refractivity contribution in [2.75, 3.05) is 18.4 Å². The van der Waals surface area contributed by atoms with Crippen molar-refractivity contribution in [2.24, 2.45) is 5.41 Å². The van der Waals surface area contributed by atoms with E-state index >= 15 is 0 Å². The molecule has 144 valence electrons. The van der Waals surface area contributed by atoms with E-state index in [4.69, 9.17) is 4.42 Å². The first-order chi connectivity index (χ1) is 13.6. The van der Waals surface area contributed by atoms with Gasteiger partial charge in [0.2, 0.25) is 11.8 Å². The Morgan fingerprint density at radius 1 is 1.21 bits per heavy atom. The summed E-state index contributed by atoms with van der Waals surface area (Å²) in [4.78, 5) is 22.9. The van der Waals surface area contributed by atoms with Crippen molar-refractivity contribution in [1.82, 2.24) is 25.1 Å². The first kappa shape index (κ1) is 17.1. The molecule has 3 aromatic rings. The van der Waals surface area contributed by atoms with Gasteiger partial charge in [-0.2, -0.15) is 0 Å². The van der Waals surface area contributed by atoms with Gasteiger partial charge in [-0.25, -0.2) is 9.97 Å². The Morgan fingerprint density at radius 2 is 2.04 bits per heavy atom. The van der Waals surface area contributed by atoms with Crippen LogP contribution in [-0.2, 0) is 4.79 Å². The zero-order chi connectivity index (χ0) is 19.1. The maximum absolute atomic E-state index is 12.7. The fourth-order valence-electron chi connectivity index (χ4n) is 3.91. The van der Waals surface area contributed by atoms with Crippen molar-refractivity contribution < 1.29 is 9.21 Å². The summed E-state index contributed by atoms with van der Waals surface area (Å²) in [5.74, 6) is 0.472. The molecule has 1 saturated carbocycles. The lowest BCUT2D eigenvalue weighted by Crippen LogP contribution is -2.45. The highest BCUT2D eigenvalue weighted by molar-refractivity contribution is 5.84. The van der Waals surface area contributed by atoms with Crippen LogP contribution in [-0.4, -0.2) is 50.1 Å². The summed E-state index contributed by atoms with van der Waals surface area (Å²) in [5.41, 5.74) is 2.19. The Morgan fingerprint density at radius 3 is 2.82 bits per heavy atom. The van der Waals surface area contributed by atoms with E-state index in [-0.39, 0.29) is 11.9 Å². The second kappa shape index (κ2) is 6.54. The fourth-order valence-corrected chi connectivity index (χ4v) is 3.91. The first-order valence-electron chi connectivity index (χ1n) is 9.71. The van der Waals surface area contributed by atoms with Gasteiger partial charge in [-0.3, -0.25) is 4.79 Å². The van der Waals surface area contributed by atoms with E-state index in [0.29, 0.717) is 11.3 Å². The highest BCUT2D eigenvalue weighted by atomic mass is 16.4. The van der Waals surface area contributed by atoms with Gasteiger partial charge in [0.15, 0.2) is 0 Å². The molecule has 1 aliphatic heterocycles. The van der Waals surface area contributed by atoms with Gasteiger partial charge in [-0.1, -0.05) is 5.10 Å². The van der Waals surface area contributed by atoms with E-state index in [0.717, 1.165) is 42.4 Å². The number of piperidine rings is 1. The monoisotopic (exact) mass is 378 g/mol. The number of nitrogens with one attached hydrogen (secondary N) is 1. The molecule has 0 bridgehead atoms. The summed E-state index contributed by atoms with van der Waals surface area (Å²) >= 11 is 0. The predicted molar refractivity (Wildman–Crippen MR) is 103 cm³/mol. The number of hydrogen-bond acceptors (Lipinski definition) is 7. The van der Waals surface area contributed by atoms with E-state index in [9.17, 15) is 4.79 Å². The third-order valence-electron chi connectivity index (χ3n) is 5.98. The van der Waals surface area contributed by atoms with Crippen molar-refractivity contribution >= 4 is 22.8 Å². The Labute approximate surface area is 162 Å². The molecule has 0 radical (unpaired) electrons. The van der Waals surface area contributed by atoms with Crippen molar-refractivity contribution in [1.29, 1.82) is 0 Å². The SMILES string of the molecule is C[C@@H](Nc1nnc(-c2ccc3ncncc3c2)o1)C(=O)N1CCC2(CC1)CC2. The molecule has 2 aromatic heterocycles. The van der Waals surface area contributed by atoms with Crippen LogP contribution in [0.15, 0.2) is 35.1 Å². The second-order valence-electron chi connectivity index (χ2n) is 7.90. The second-order valence-corrected chi connectivity index (χ2v) is 7.90. The van der Waals surface area contributed by atoms with Crippen LogP contribution in [0.2, 0.25) is 0 Å². The number of amides is 1. The summed E-state index contributed by atoms with van der Waals surface area (Å²) in [6.45, 7) is 3.53. The van der Waals surface area contributed by atoms with Gasteiger partial charge in [0, 0.05) is 30.2 Å². The Kier molecular flexibility index (Phi) is 3.99. The Hall–Kier alpha value is -3.03. The molecule has 1 N–H and O–H groups in total. The largest absolute Gasteiger partial charge is 0.403 e. The third kappa shape index (κ3) is 3.19. The fraction of sp³-hybridized carbons (Fsp3) is 0.450. The summed E-state index contributed by atoms with van der Waals surface area (Å²) in [5, 5.41) is 12.1. The Bertz CT molecular complexity index is 1020. The normalized spacial score (nSPS) is 19.0. The molecule has 28 heavy (non-hydrogen) atoms. The standard InChI is InChI=1S/C20H22N6O2/c1-13(18(27)26-8-6-20(4-5-20)7-9-26)23-19-25-24-17(28-19)14-2-3-16-15(10-14)11-21-12-22-16/h2-3,10-13H,4-9H2,1H3,(H,23,25)/t13-/m1/s1.